The highest BCUT2D eigenvalue weighted by atomic mass is 32.1. The van der Waals surface area contributed by atoms with Gasteiger partial charge in [-0.05, 0) is 13.0 Å². The molecule has 0 radical (unpaired) electrons. The monoisotopic (exact) mass is 346 g/mol. The van der Waals surface area contributed by atoms with Gasteiger partial charge in [0.2, 0.25) is 5.67 Å². The number of carbonyl (C=O) groups excluding carboxylic acids is 1. The molecule has 24 heavy (non-hydrogen) atoms. The number of aromatic amines is 1. The summed E-state index contributed by atoms with van der Waals surface area (Å²) in [6, 6.07) is 1.91. The molecule has 1 amide bonds. The number of nitrogens with one attached hydrogen (secondary N) is 2. The number of H-pyrrole nitrogens is 1. The van der Waals surface area contributed by atoms with Crippen molar-refractivity contribution < 1.29 is 9.18 Å². The highest BCUT2D eigenvalue weighted by Crippen LogP contribution is 2.33. The first-order valence-corrected chi connectivity index (χ1v) is 8.38. The minimum atomic E-state index is -1.97. The fourth-order valence-electron chi connectivity index (χ4n) is 2.93. The second-order valence-electron chi connectivity index (χ2n) is 5.84. The van der Waals surface area contributed by atoms with Crippen molar-refractivity contribution in [2.45, 2.75) is 19.0 Å². The molecule has 1 unspecified atom stereocenters. The van der Waals surface area contributed by atoms with E-state index < -0.39 is 11.6 Å². The Hall–Kier alpha value is -2.55. The van der Waals surface area contributed by atoms with E-state index in [1.165, 1.54) is 17.7 Å². The van der Waals surface area contributed by atoms with Gasteiger partial charge in [-0.3, -0.25) is 10.1 Å². The van der Waals surface area contributed by atoms with Gasteiger partial charge in [-0.15, -0.1) is 11.3 Å². The van der Waals surface area contributed by atoms with Gasteiger partial charge in [0.25, 0.3) is 5.91 Å². The summed E-state index contributed by atoms with van der Waals surface area (Å²) in [4.78, 5) is 29.7. The van der Waals surface area contributed by atoms with Gasteiger partial charge in [-0.2, -0.15) is 0 Å². The maximum Gasteiger partial charge on any atom is 0.265 e. The third-order valence-electron chi connectivity index (χ3n) is 4.11. The molecule has 1 aliphatic heterocycles. The minimum Gasteiger partial charge on any atom is -0.354 e. The zero-order chi connectivity index (χ0) is 16.7. The van der Waals surface area contributed by atoms with Crippen LogP contribution in [0.25, 0.3) is 11.0 Å². The molecular weight excluding hydrogens is 331 g/mol. The second-order valence-corrected chi connectivity index (χ2v) is 6.73. The van der Waals surface area contributed by atoms with Crippen molar-refractivity contribution in [2.75, 3.05) is 23.3 Å². The van der Waals surface area contributed by atoms with E-state index in [4.69, 9.17) is 0 Å². The number of aryl methyl sites for hydroxylation is 1. The Kier molecular flexibility index (Phi) is 3.45. The van der Waals surface area contributed by atoms with Crippen LogP contribution in [0.2, 0.25) is 0 Å². The Morgan fingerprint density at radius 3 is 3.12 bits per heavy atom. The Bertz CT molecular complexity index is 895. The Labute approximate surface area is 140 Å². The van der Waals surface area contributed by atoms with Crippen molar-refractivity contribution >= 4 is 39.2 Å². The summed E-state index contributed by atoms with van der Waals surface area (Å²) in [5.41, 5.74) is 0.532. The fraction of sp³-hybridized carbons (Fsp3) is 0.333. The Morgan fingerprint density at radius 1 is 1.46 bits per heavy atom. The molecule has 124 valence electrons. The van der Waals surface area contributed by atoms with Crippen LogP contribution in [0.4, 0.5) is 15.3 Å². The summed E-state index contributed by atoms with van der Waals surface area (Å²) in [7, 11) is 0. The molecule has 0 aliphatic carbocycles. The van der Waals surface area contributed by atoms with Crippen LogP contribution in [0.1, 0.15) is 12.1 Å². The van der Waals surface area contributed by atoms with Crippen molar-refractivity contribution in [1.82, 2.24) is 19.9 Å². The topological polar surface area (TPSA) is 86.8 Å². The summed E-state index contributed by atoms with van der Waals surface area (Å²) >= 11 is 1.26. The number of anilines is 2. The van der Waals surface area contributed by atoms with E-state index in [0.29, 0.717) is 17.5 Å². The van der Waals surface area contributed by atoms with Crippen LogP contribution >= 0.6 is 11.3 Å². The molecule has 0 aromatic carbocycles. The number of amides is 1. The maximum atomic E-state index is 15.1. The van der Waals surface area contributed by atoms with Crippen molar-refractivity contribution in [2.24, 2.45) is 0 Å². The minimum absolute atomic E-state index is 0.0472. The maximum absolute atomic E-state index is 15.1. The summed E-state index contributed by atoms with van der Waals surface area (Å²) in [5.74, 6) is -0.0393. The molecule has 4 heterocycles. The number of carbonyl (C=O) groups is 1. The second kappa shape index (κ2) is 5.52. The van der Waals surface area contributed by atoms with Gasteiger partial charge in [0, 0.05) is 30.2 Å². The predicted molar refractivity (Wildman–Crippen MR) is 90.0 cm³/mol. The van der Waals surface area contributed by atoms with Crippen LogP contribution in [0.5, 0.6) is 0 Å². The SMILES string of the molecule is Cc1cc2ncnc(N3CCC(F)(C(=O)Nc4nccs4)C3)c2[nH]1. The lowest BCUT2D eigenvalue weighted by molar-refractivity contribution is -0.126. The molecule has 1 atom stereocenters. The van der Waals surface area contributed by atoms with E-state index in [-0.39, 0.29) is 13.0 Å². The number of rotatable bonds is 3. The largest absolute Gasteiger partial charge is 0.354 e. The molecule has 0 bridgehead atoms. The third-order valence-corrected chi connectivity index (χ3v) is 4.80. The molecule has 9 heteroatoms. The third kappa shape index (κ3) is 2.50. The first-order valence-electron chi connectivity index (χ1n) is 7.50. The van der Waals surface area contributed by atoms with E-state index in [0.717, 1.165) is 16.7 Å². The number of aromatic nitrogens is 4. The quantitative estimate of drug-likeness (QED) is 0.760. The van der Waals surface area contributed by atoms with E-state index >= 15 is 4.39 Å². The van der Waals surface area contributed by atoms with Gasteiger partial charge in [-0.1, -0.05) is 0 Å². The number of nitrogens with zero attached hydrogens (tertiary/aromatic N) is 4. The van der Waals surface area contributed by atoms with E-state index in [2.05, 4.69) is 25.3 Å². The van der Waals surface area contributed by atoms with Crippen LogP contribution < -0.4 is 10.2 Å². The van der Waals surface area contributed by atoms with Crippen LogP contribution in [-0.4, -0.2) is 44.6 Å². The van der Waals surface area contributed by atoms with Gasteiger partial charge in [-0.25, -0.2) is 19.3 Å². The normalized spacial score (nSPS) is 20.7. The molecule has 1 fully saturated rings. The average molecular weight is 346 g/mol. The molecule has 0 spiro atoms. The number of thiazole rings is 1. The predicted octanol–water partition coefficient (Wildman–Crippen LogP) is 2.28. The van der Waals surface area contributed by atoms with Crippen molar-refractivity contribution in [3.05, 3.63) is 29.7 Å². The molecule has 7 nitrogen and oxygen atoms in total. The molecule has 3 aromatic rings. The highest BCUT2D eigenvalue weighted by molar-refractivity contribution is 7.13. The lowest BCUT2D eigenvalue weighted by Crippen LogP contribution is -2.41. The molecule has 0 saturated carbocycles. The average Bonchev–Trinajstić information content (AvgIpc) is 3.26. The van der Waals surface area contributed by atoms with E-state index in [1.807, 2.05) is 13.0 Å². The molecule has 2 N–H and O–H groups in total. The van der Waals surface area contributed by atoms with Crippen LogP contribution in [-0.2, 0) is 4.79 Å². The van der Waals surface area contributed by atoms with Crippen LogP contribution in [0, 0.1) is 6.92 Å². The molecule has 4 rings (SSSR count). The molecule has 1 aliphatic rings. The van der Waals surface area contributed by atoms with Gasteiger partial charge >= 0.3 is 0 Å². The summed E-state index contributed by atoms with van der Waals surface area (Å²) in [5, 5.41) is 4.68. The van der Waals surface area contributed by atoms with Crippen molar-refractivity contribution in [3.8, 4) is 0 Å². The summed E-state index contributed by atoms with van der Waals surface area (Å²) in [6.45, 7) is 2.29. The first kappa shape index (κ1) is 15.0. The summed E-state index contributed by atoms with van der Waals surface area (Å²) < 4.78 is 15.1. The Balaban J connectivity index is 1.58. The lowest BCUT2D eigenvalue weighted by atomic mass is 10.1. The summed E-state index contributed by atoms with van der Waals surface area (Å²) in [6.07, 6.45) is 3.13. The Morgan fingerprint density at radius 2 is 2.33 bits per heavy atom. The van der Waals surface area contributed by atoms with Gasteiger partial charge in [0.1, 0.15) is 11.8 Å². The fourth-order valence-corrected chi connectivity index (χ4v) is 3.45. The molecule has 3 aromatic heterocycles. The lowest BCUT2D eigenvalue weighted by Gasteiger charge is -2.20. The number of halogens is 1. The van der Waals surface area contributed by atoms with Crippen molar-refractivity contribution in [3.63, 3.8) is 0 Å². The van der Waals surface area contributed by atoms with Crippen LogP contribution in [0.15, 0.2) is 24.0 Å². The van der Waals surface area contributed by atoms with E-state index in [9.17, 15) is 4.79 Å². The number of hydrogen-bond acceptors (Lipinski definition) is 6. The molecule has 1 saturated heterocycles. The number of alkyl halides is 1. The van der Waals surface area contributed by atoms with Gasteiger partial charge < -0.3 is 9.88 Å². The highest BCUT2D eigenvalue weighted by Gasteiger charge is 2.46. The first-order chi connectivity index (χ1) is 11.5. The molecular formula is C15H15FN6OS. The van der Waals surface area contributed by atoms with Crippen LogP contribution in [0.3, 0.4) is 0 Å². The number of hydrogen-bond donors (Lipinski definition) is 2. The zero-order valence-corrected chi connectivity index (χ0v) is 13.7. The van der Waals surface area contributed by atoms with Gasteiger partial charge in [0.05, 0.1) is 12.1 Å². The smallest absolute Gasteiger partial charge is 0.265 e. The van der Waals surface area contributed by atoms with Gasteiger partial charge in [0.15, 0.2) is 10.9 Å². The standard InChI is InChI=1S/C15H15FN6OS/c1-9-6-10-11(20-9)12(19-8-18-10)22-4-2-15(16,7-22)13(23)21-14-17-3-5-24-14/h3,5-6,8,20H,2,4,7H2,1H3,(H,17,21,23). The number of fused-ring (bicyclic) bond motifs is 1. The zero-order valence-electron chi connectivity index (χ0n) is 12.9. The van der Waals surface area contributed by atoms with Crippen molar-refractivity contribution in [1.29, 1.82) is 0 Å². The van der Waals surface area contributed by atoms with E-state index in [1.54, 1.807) is 16.5 Å².